The van der Waals surface area contributed by atoms with Gasteiger partial charge in [-0.15, -0.1) is 0 Å². The molecule has 0 amide bonds. The van der Waals surface area contributed by atoms with Gasteiger partial charge in [-0.1, -0.05) is 63.3 Å². The monoisotopic (exact) mass is 470 g/mol. The predicted octanol–water partition coefficient (Wildman–Crippen LogP) is 4.49. The molecule has 0 saturated heterocycles. The highest BCUT2D eigenvalue weighted by Gasteiger charge is 2.30. The number of carbonyl (C=O) groups is 2. The van der Waals surface area contributed by atoms with Crippen molar-refractivity contribution in [2.45, 2.75) is 89.7 Å². The van der Waals surface area contributed by atoms with Gasteiger partial charge >= 0.3 is 11.9 Å². The maximum Gasteiger partial charge on any atom is 0.362 e. The van der Waals surface area contributed by atoms with E-state index in [1.807, 2.05) is 27.2 Å². The highest BCUT2D eigenvalue weighted by Crippen LogP contribution is 2.09. The summed E-state index contributed by atoms with van der Waals surface area (Å²) in [6.07, 6.45) is 18.6. The van der Waals surface area contributed by atoms with Gasteiger partial charge in [0.1, 0.15) is 12.7 Å². The van der Waals surface area contributed by atoms with Crippen molar-refractivity contribution >= 4 is 11.9 Å². The summed E-state index contributed by atoms with van der Waals surface area (Å²) in [5.74, 6) is -1.23. The molecule has 0 aromatic heterocycles. The lowest BCUT2D eigenvalue weighted by Crippen LogP contribution is -2.50. The van der Waals surface area contributed by atoms with Crippen LogP contribution in [0.1, 0.15) is 77.6 Å². The first kappa shape index (κ1) is 31.3. The van der Waals surface area contributed by atoms with Crippen LogP contribution in [-0.4, -0.2) is 79.7 Å². The number of aliphatic hydroxyl groups is 1. The number of hydrogen-bond donors (Lipinski definition) is 2. The Labute approximate surface area is 201 Å². The van der Waals surface area contributed by atoms with Crippen molar-refractivity contribution in [3.8, 4) is 0 Å². The van der Waals surface area contributed by atoms with Crippen LogP contribution in [0, 0.1) is 0 Å². The van der Waals surface area contributed by atoms with Crippen molar-refractivity contribution in [2.75, 3.05) is 41.0 Å². The fourth-order valence-corrected chi connectivity index (χ4v) is 3.32. The van der Waals surface area contributed by atoms with Crippen LogP contribution in [-0.2, 0) is 19.1 Å². The van der Waals surface area contributed by atoms with Crippen LogP contribution in [0.15, 0.2) is 24.3 Å². The number of aliphatic hydroxyl groups excluding tert-OH is 1. The van der Waals surface area contributed by atoms with Gasteiger partial charge in [0.25, 0.3) is 0 Å². The third-order valence-electron chi connectivity index (χ3n) is 5.35. The average Bonchev–Trinajstić information content (AvgIpc) is 2.74. The van der Waals surface area contributed by atoms with E-state index in [4.69, 9.17) is 9.47 Å². The molecule has 192 valence electrons. The minimum absolute atomic E-state index is 0.00173. The van der Waals surface area contributed by atoms with E-state index in [0.29, 0.717) is 17.3 Å². The maximum absolute atomic E-state index is 11.8. The molecule has 33 heavy (non-hydrogen) atoms. The largest absolute Gasteiger partial charge is 0.477 e. The Morgan fingerprint density at radius 2 is 1.55 bits per heavy atom. The van der Waals surface area contributed by atoms with E-state index in [9.17, 15) is 19.8 Å². The minimum atomic E-state index is -0.923. The van der Waals surface area contributed by atoms with Gasteiger partial charge < -0.3 is 24.2 Å². The molecule has 0 heterocycles. The molecule has 0 saturated carbocycles. The molecule has 0 aliphatic rings. The minimum Gasteiger partial charge on any atom is -0.477 e. The summed E-state index contributed by atoms with van der Waals surface area (Å²) in [4.78, 5) is 23.1. The summed E-state index contributed by atoms with van der Waals surface area (Å²) >= 11 is 0. The molecule has 0 spiro atoms. The Balaban J connectivity index is 3.72. The van der Waals surface area contributed by atoms with Crippen LogP contribution in [0.25, 0.3) is 0 Å². The van der Waals surface area contributed by atoms with Crippen LogP contribution in [0.2, 0.25) is 0 Å². The second-order valence-electron chi connectivity index (χ2n) is 9.44. The van der Waals surface area contributed by atoms with Gasteiger partial charge in [0.2, 0.25) is 0 Å². The summed E-state index contributed by atoms with van der Waals surface area (Å²) in [6, 6.07) is -0.580. The predicted molar refractivity (Wildman–Crippen MR) is 132 cm³/mol. The smallest absolute Gasteiger partial charge is 0.362 e. The fourth-order valence-electron chi connectivity index (χ4n) is 3.32. The number of allylic oxidation sites excluding steroid dienone is 4. The zero-order valence-electron chi connectivity index (χ0n) is 21.3. The van der Waals surface area contributed by atoms with Crippen LogP contribution >= 0.6 is 0 Å². The van der Waals surface area contributed by atoms with Crippen molar-refractivity contribution in [1.82, 2.24) is 0 Å². The fraction of sp³-hybridized carbons (Fsp3) is 0.769. The molecular formula is C26H48NO6+. The lowest BCUT2D eigenvalue weighted by molar-refractivity contribution is -0.887. The Bertz CT molecular complexity index is 568. The number of ether oxygens (including phenoxy) is 2. The second-order valence-corrected chi connectivity index (χ2v) is 9.44. The molecule has 7 nitrogen and oxygen atoms in total. The number of nitrogens with zero attached hydrogens (tertiary/aromatic N) is 1. The molecular weight excluding hydrogens is 422 g/mol. The number of aliphatic carboxylic acids is 1. The van der Waals surface area contributed by atoms with Crippen LogP contribution in [0.3, 0.4) is 0 Å². The van der Waals surface area contributed by atoms with Gasteiger partial charge in [-0.3, -0.25) is 4.79 Å². The van der Waals surface area contributed by atoms with E-state index in [1.54, 1.807) is 0 Å². The van der Waals surface area contributed by atoms with E-state index in [2.05, 4.69) is 25.2 Å². The van der Waals surface area contributed by atoms with E-state index < -0.39 is 18.1 Å². The lowest BCUT2D eigenvalue weighted by atomic mass is 10.1. The zero-order valence-corrected chi connectivity index (χ0v) is 21.3. The van der Waals surface area contributed by atoms with Crippen LogP contribution in [0.5, 0.6) is 0 Å². The summed E-state index contributed by atoms with van der Waals surface area (Å²) in [7, 11) is 5.45. The first-order valence-corrected chi connectivity index (χ1v) is 12.4. The molecule has 0 radical (unpaired) electrons. The number of quaternary nitrogens is 1. The van der Waals surface area contributed by atoms with Crippen LogP contribution in [0.4, 0.5) is 0 Å². The molecule has 0 bridgehead atoms. The number of carbonyl (C=O) groups excluding carboxylic acids is 1. The molecule has 2 N–H and O–H groups in total. The highest BCUT2D eigenvalue weighted by molar-refractivity contribution is 5.72. The summed E-state index contributed by atoms with van der Waals surface area (Å²) in [6.45, 7) is 2.33. The number of hydrogen-bond acceptors (Lipinski definition) is 5. The third-order valence-corrected chi connectivity index (χ3v) is 5.35. The molecule has 0 rings (SSSR count). The number of esters is 1. The molecule has 0 aromatic carbocycles. The average molecular weight is 471 g/mol. The standard InChI is InChI=1S/C26H47NO6/c1-5-6-7-8-9-10-11-12-13-14-15-16-17-18-25(29)33-22-23(28)21-32-20-19-24(26(30)31)27(2,3)4/h12-13,15-16,23-24,28H,5-11,14,17-22H2,1-4H3/p+1/b13-12+,16-15+. The Kier molecular flexibility index (Phi) is 18.7. The Morgan fingerprint density at radius 3 is 2.18 bits per heavy atom. The molecule has 2 unspecified atom stereocenters. The number of rotatable bonds is 21. The highest BCUT2D eigenvalue weighted by atomic mass is 16.5. The topological polar surface area (TPSA) is 93.1 Å². The van der Waals surface area contributed by atoms with Gasteiger partial charge in [-0.25, -0.2) is 4.79 Å². The number of carboxylic acids is 1. The van der Waals surface area contributed by atoms with Gasteiger partial charge in [-0.05, 0) is 25.7 Å². The van der Waals surface area contributed by atoms with E-state index >= 15 is 0 Å². The quantitative estimate of drug-likeness (QED) is 0.111. The van der Waals surface area contributed by atoms with Gasteiger partial charge in [0.15, 0.2) is 6.04 Å². The summed E-state index contributed by atoms with van der Waals surface area (Å²) in [5.41, 5.74) is 0. The number of carboxylic acid groups (broad SMARTS) is 1. The molecule has 0 aliphatic heterocycles. The van der Waals surface area contributed by atoms with Crippen molar-refractivity contribution in [2.24, 2.45) is 0 Å². The van der Waals surface area contributed by atoms with E-state index in [1.165, 1.54) is 38.5 Å². The third kappa shape index (κ3) is 19.5. The Hall–Kier alpha value is -1.70. The van der Waals surface area contributed by atoms with Crippen molar-refractivity contribution < 1.29 is 33.8 Å². The van der Waals surface area contributed by atoms with E-state index in [-0.39, 0.29) is 32.2 Å². The molecule has 0 fully saturated rings. The SMILES string of the molecule is CCCCCCCC/C=C/C/C=C/CCC(=O)OCC(O)COCCC(C(=O)O)[N+](C)(C)C. The van der Waals surface area contributed by atoms with Gasteiger partial charge in [-0.2, -0.15) is 0 Å². The van der Waals surface area contributed by atoms with Crippen molar-refractivity contribution in [3.05, 3.63) is 24.3 Å². The lowest BCUT2D eigenvalue weighted by Gasteiger charge is -2.31. The van der Waals surface area contributed by atoms with E-state index in [0.717, 1.165) is 12.8 Å². The normalized spacial score (nSPS) is 14.1. The van der Waals surface area contributed by atoms with Gasteiger partial charge in [0.05, 0.1) is 34.4 Å². The van der Waals surface area contributed by atoms with Crippen LogP contribution < -0.4 is 0 Å². The first-order chi connectivity index (χ1) is 15.7. The zero-order chi connectivity index (χ0) is 25.0. The Morgan fingerprint density at radius 1 is 0.909 bits per heavy atom. The summed E-state index contributed by atoms with van der Waals surface area (Å²) < 4.78 is 10.7. The molecule has 2 atom stereocenters. The number of unbranched alkanes of at least 4 members (excludes halogenated alkanes) is 6. The van der Waals surface area contributed by atoms with Crippen molar-refractivity contribution in [1.29, 1.82) is 0 Å². The maximum atomic E-state index is 11.8. The summed E-state index contributed by atoms with van der Waals surface area (Å²) in [5, 5.41) is 19.1. The van der Waals surface area contributed by atoms with Crippen molar-refractivity contribution in [3.63, 3.8) is 0 Å². The molecule has 7 heteroatoms. The van der Waals surface area contributed by atoms with Gasteiger partial charge in [0, 0.05) is 12.8 Å². The number of likely N-dealkylation sites (N-methyl/N-ethyl adjacent to an activating group) is 1. The second kappa shape index (κ2) is 19.7. The molecule has 0 aromatic rings. The first-order valence-electron chi connectivity index (χ1n) is 12.4. The molecule has 0 aliphatic carbocycles.